The Bertz CT molecular complexity index is 372. The van der Waals surface area contributed by atoms with E-state index in [0.29, 0.717) is 23.4 Å². The minimum absolute atomic E-state index is 0.0354. The van der Waals surface area contributed by atoms with Gasteiger partial charge in [-0.15, -0.1) is 0 Å². The summed E-state index contributed by atoms with van der Waals surface area (Å²) in [5.41, 5.74) is 5.37. The lowest BCUT2D eigenvalue weighted by atomic mass is 10.4. The first kappa shape index (κ1) is 11.9. The molecule has 0 saturated heterocycles. The highest BCUT2D eigenvalue weighted by Crippen LogP contribution is 2.26. The number of pyridine rings is 1. The number of anilines is 1. The van der Waals surface area contributed by atoms with Crippen LogP contribution in [0.5, 0.6) is 0 Å². The van der Waals surface area contributed by atoms with Crippen LogP contribution in [0.3, 0.4) is 0 Å². The van der Waals surface area contributed by atoms with Crippen LogP contribution in [0.25, 0.3) is 0 Å². The quantitative estimate of drug-likeness (QED) is 0.658. The van der Waals surface area contributed by atoms with Crippen molar-refractivity contribution in [1.29, 1.82) is 0 Å². The summed E-state index contributed by atoms with van der Waals surface area (Å²) in [5.74, 6) is 0.644. The van der Waals surface area contributed by atoms with Crippen molar-refractivity contribution in [2.45, 2.75) is 0 Å². The summed E-state index contributed by atoms with van der Waals surface area (Å²) in [6, 6.07) is 1.43. The Labute approximate surface area is 95.4 Å². The molecule has 0 saturated carbocycles. The molecule has 0 amide bonds. The molecule has 2 N–H and O–H groups in total. The van der Waals surface area contributed by atoms with E-state index in [1.54, 1.807) is 0 Å². The van der Waals surface area contributed by atoms with Crippen LogP contribution in [0.4, 0.5) is 11.5 Å². The molecule has 0 aliphatic rings. The first-order valence-corrected chi connectivity index (χ1v) is 5.06. The second kappa shape index (κ2) is 5.04. The van der Waals surface area contributed by atoms with Crippen molar-refractivity contribution in [2.75, 3.05) is 25.0 Å². The van der Waals surface area contributed by atoms with Crippen LogP contribution < -0.4 is 10.6 Å². The van der Waals surface area contributed by atoms with Gasteiger partial charge in [0.2, 0.25) is 0 Å². The highest BCUT2D eigenvalue weighted by Gasteiger charge is 2.12. The number of hydrogen-bond acceptors (Lipinski definition) is 5. The number of halogens is 1. The van der Waals surface area contributed by atoms with Gasteiger partial charge in [-0.2, -0.15) is 0 Å². The molecular formula is C8H11BrN4O2. The number of aromatic nitrogens is 1. The minimum Gasteiger partial charge on any atom is -0.357 e. The van der Waals surface area contributed by atoms with Crippen molar-refractivity contribution < 1.29 is 4.92 Å². The van der Waals surface area contributed by atoms with E-state index in [-0.39, 0.29) is 5.69 Å². The van der Waals surface area contributed by atoms with Crippen molar-refractivity contribution in [2.24, 2.45) is 5.73 Å². The SMILES string of the molecule is CN(CCN)c1ncc([N+](=O)[O-])cc1Br. The van der Waals surface area contributed by atoms with Crippen LogP contribution in [0.2, 0.25) is 0 Å². The highest BCUT2D eigenvalue weighted by atomic mass is 79.9. The average molecular weight is 275 g/mol. The lowest BCUT2D eigenvalue weighted by molar-refractivity contribution is -0.385. The molecule has 1 aromatic rings. The zero-order valence-electron chi connectivity index (χ0n) is 8.18. The zero-order valence-corrected chi connectivity index (χ0v) is 9.77. The molecule has 0 aliphatic carbocycles. The Morgan fingerprint density at radius 2 is 2.40 bits per heavy atom. The molecule has 0 bridgehead atoms. The molecule has 0 spiro atoms. The fraction of sp³-hybridized carbons (Fsp3) is 0.375. The summed E-state index contributed by atoms with van der Waals surface area (Å²) >= 11 is 3.24. The molecule has 1 aromatic heterocycles. The van der Waals surface area contributed by atoms with Gasteiger partial charge in [-0.05, 0) is 15.9 Å². The summed E-state index contributed by atoms with van der Waals surface area (Å²) in [5, 5.41) is 10.5. The van der Waals surface area contributed by atoms with Gasteiger partial charge in [0.1, 0.15) is 12.0 Å². The molecule has 6 nitrogen and oxygen atoms in total. The molecule has 1 rings (SSSR count). The molecule has 0 atom stereocenters. The first-order valence-electron chi connectivity index (χ1n) is 4.27. The molecule has 82 valence electrons. The van der Waals surface area contributed by atoms with E-state index in [2.05, 4.69) is 20.9 Å². The van der Waals surface area contributed by atoms with Crippen molar-refractivity contribution in [3.05, 3.63) is 26.9 Å². The Kier molecular flexibility index (Phi) is 3.98. The third kappa shape index (κ3) is 2.87. The number of likely N-dealkylation sites (N-methyl/N-ethyl adjacent to an activating group) is 1. The highest BCUT2D eigenvalue weighted by molar-refractivity contribution is 9.10. The zero-order chi connectivity index (χ0) is 11.4. The number of rotatable bonds is 4. The van der Waals surface area contributed by atoms with Crippen molar-refractivity contribution >= 4 is 27.4 Å². The third-order valence-corrected chi connectivity index (χ3v) is 2.43. The van der Waals surface area contributed by atoms with Gasteiger partial charge in [0, 0.05) is 26.2 Å². The van der Waals surface area contributed by atoms with Crippen molar-refractivity contribution in [3.63, 3.8) is 0 Å². The number of nitrogens with two attached hydrogens (primary N) is 1. The molecular weight excluding hydrogens is 264 g/mol. The number of nitro groups is 1. The molecule has 0 radical (unpaired) electrons. The molecule has 0 fully saturated rings. The monoisotopic (exact) mass is 274 g/mol. The Morgan fingerprint density at radius 3 is 2.87 bits per heavy atom. The minimum atomic E-state index is -0.482. The van der Waals surface area contributed by atoms with Gasteiger partial charge in [-0.3, -0.25) is 10.1 Å². The van der Waals surface area contributed by atoms with E-state index < -0.39 is 4.92 Å². The predicted octanol–water partition coefficient (Wildman–Crippen LogP) is 1.15. The molecule has 0 aromatic carbocycles. The van der Waals surface area contributed by atoms with E-state index >= 15 is 0 Å². The number of nitrogens with zero attached hydrogens (tertiary/aromatic N) is 3. The van der Waals surface area contributed by atoms with Crippen LogP contribution in [-0.2, 0) is 0 Å². The fourth-order valence-corrected chi connectivity index (χ4v) is 1.74. The maximum atomic E-state index is 10.5. The van der Waals surface area contributed by atoms with E-state index in [4.69, 9.17) is 5.73 Å². The smallest absolute Gasteiger partial charge is 0.288 e. The topological polar surface area (TPSA) is 85.3 Å². The fourth-order valence-electron chi connectivity index (χ4n) is 1.10. The van der Waals surface area contributed by atoms with Gasteiger partial charge in [-0.1, -0.05) is 0 Å². The number of hydrogen-bond donors (Lipinski definition) is 1. The lowest BCUT2D eigenvalue weighted by Gasteiger charge is -2.17. The third-order valence-electron chi connectivity index (χ3n) is 1.84. The van der Waals surface area contributed by atoms with Gasteiger partial charge in [0.25, 0.3) is 5.69 Å². The van der Waals surface area contributed by atoms with Gasteiger partial charge in [-0.25, -0.2) is 4.98 Å². The van der Waals surface area contributed by atoms with Gasteiger partial charge < -0.3 is 10.6 Å². The Balaban J connectivity index is 2.97. The summed E-state index contributed by atoms with van der Waals surface area (Å²) in [6.07, 6.45) is 1.23. The Hall–Kier alpha value is -1.21. The van der Waals surface area contributed by atoms with Gasteiger partial charge in [0.05, 0.1) is 9.40 Å². The van der Waals surface area contributed by atoms with E-state index in [1.165, 1.54) is 12.3 Å². The summed E-state index contributed by atoms with van der Waals surface area (Å²) in [4.78, 5) is 15.8. The van der Waals surface area contributed by atoms with Crippen LogP contribution in [0.1, 0.15) is 0 Å². The van der Waals surface area contributed by atoms with E-state index in [1.807, 2.05) is 11.9 Å². The first-order chi connectivity index (χ1) is 7.06. The van der Waals surface area contributed by atoms with Crippen LogP contribution >= 0.6 is 15.9 Å². The second-order valence-electron chi connectivity index (χ2n) is 2.97. The normalized spacial score (nSPS) is 10.1. The Morgan fingerprint density at radius 1 is 1.73 bits per heavy atom. The maximum absolute atomic E-state index is 10.5. The van der Waals surface area contributed by atoms with Crippen LogP contribution in [0, 0.1) is 10.1 Å². The maximum Gasteiger partial charge on any atom is 0.288 e. The standard InChI is InChI=1S/C8H11BrN4O2/c1-12(3-2-10)8-7(9)4-6(5-11-8)13(14)15/h4-5H,2-3,10H2,1H3. The van der Waals surface area contributed by atoms with E-state index in [9.17, 15) is 10.1 Å². The molecule has 15 heavy (non-hydrogen) atoms. The van der Waals surface area contributed by atoms with E-state index in [0.717, 1.165) is 0 Å². The van der Waals surface area contributed by atoms with Crippen LogP contribution in [0.15, 0.2) is 16.7 Å². The van der Waals surface area contributed by atoms with Gasteiger partial charge >= 0.3 is 0 Å². The molecule has 7 heteroatoms. The molecule has 0 unspecified atom stereocenters. The largest absolute Gasteiger partial charge is 0.357 e. The lowest BCUT2D eigenvalue weighted by Crippen LogP contribution is -2.26. The van der Waals surface area contributed by atoms with Gasteiger partial charge in [0.15, 0.2) is 0 Å². The van der Waals surface area contributed by atoms with Crippen molar-refractivity contribution in [3.8, 4) is 0 Å². The predicted molar refractivity (Wildman–Crippen MR) is 60.9 cm³/mol. The summed E-state index contributed by atoms with van der Waals surface area (Å²) in [7, 11) is 1.83. The molecule has 1 heterocycles. The van der Waals surface area contributed by atoms with Crippen molar-refractivity contribution in [1.82, 2.24) is 4.98 Å². The molecule has 0 aliphatic heterocycles. The average Bonchev–Trinajstić information content (AvgIpc) is 2.17. The second-order valence-corrected chi connectivity index (χ2v) is 3.82. The summed E-state index contributed by atoms with van der Waals surface area (Å²) < 4.78 is 0.590. The summed E-state index contributed by atoms with van der Waals surface area (Å²) in [6.45, 7) is 1.14. The van der Waals surface area contributed by atoms with Crippen LogP contribution in [-0.4, -0.2) is 30.0 Å².